The van der Waals surface area contributed by atoms with Crippen LogP contribution < -0.4 is 19.6 Å². The monoisotopic (exact) mass is 679 g/mol. The van der Waals surface area contributed by atoms with Crippen molar-refractivity contribution < 1.29 is 23.6 Å². The molecule has 0 fully saturated rings. The molecular formula is C32H30BrN3O7S. The van der Waals surface area contributed by atoms with Crippen molar-refractivity contribution in [2.75, 3.05) is 13.7 Å². The van der Waals surface area contributed by atoms with Crippen molar-refractivity contribution in [3.63, 3.8) is 0 Å². The van der Waals surface area contributed by atoms with E-state index in [1.54, 1.807) is 38.1 Å². The van der Waals surface area contributed by atoms with E-state index in [1.165, 1.54) is 29.1 Å². The van der Waals surface area contributed by atoms with Crippen molar-refractivity contribution in [3.05, 3.63) is 110 Å². The summed E-state index contributed by atoms with van der Waals surface area (Å²) >= 11 is 4.71. The molecular weight excluding hydrogens is 650 g/mol. The molecule has 0 N–H and O–H groups in total. The zero-order chi connectivity index (χ0) is 31.7. The third-order valence-corrected chi connectivity index (χ3v) is 8.88. The Morgan fingerprint density at radius 1 is 1.20 bits per heavy atom. The second-order valence-electron chi connectivity index (χ2n) is 10.2. The summed E-state index contributed by atoms with van der Waals surface area (Å²) in [7, 11) is 1.54. The number of carbonyl (C=O) groups is 1. The number of fused-ring (bicyclic) bond motifs is 1. The quantitative estimate of drug-likeness (QED) is 0.118. The van der Waals surface area contributed by atoms with Crippen LogP contribution in [0.4, 0.5) is 5.69 Å². The fourth-order valence-electron chi connectivity index (χ4n) is 5.22. The molecule has 0 amide bonds. The van der Waals surface area contributed by atoms with Crippen molar-refractivity contribution >= 4 is 45.0 Å². The van der Waals surface area contributed by atoms with Crippen molar-refractivity contribution in [2.24, 2.45) is 4.99 Å². The highest BCUT2D eigenvalue weighted by Gasteiger charge is 2.36. The maximum atomic E-state index is 14.1. The highest BCUT2D eigenvalue weighted by molar-refractivity contribution is 9.10. The number of carbonyl (C=O) groups excluding carboxylic acids is 1. The predicted octanol–water partition coefficient (Wildman–Crippen LogP) is 6.13. The number of thiazole rings is 1. The van der Waals surface area contributed by atoms with Crippen LogP contribution in [0.2, 0.25) is 0 Å². The SMILES string of the molecule is CCCC1=C(C(=O)OCC)[C@H](c2cc(Br)ccc2OC)n2c(s/c(=C/c3ccc(-c4cc(C)c(C)c([N+](=O)[O-])c4)o3)c2=O)=N1. The first-order valence-corrected chi connectivity index (χ1v) is 15.6. The molecule has 4 aromatic rings. The number of benzene rings is 2. The van der Waals surface area contributed by atoms with Crippen molar-refractivity contribution in [1.82, 2.24) is 4.57 Å². The second-order valence-corrected chi connectivity index (χ2v) is 12.1. The van der Waals surface area contributed by atoms with E-state index < -0.39 is 16.9 Å². The van der Waals surface area contributed by atoms with Crippen LogP contribution in [0.5, 0.6) is 5.75 Å². The van der Waals surface area contributed by atoms with Gasteiger partial charge >= 0.3 is 5.97 Å². The van der Waals surface area contributed by atoms with Gasteiger partial charge in [-0.1, -0.05) is 40.6 Å². The lowest BCUT2D eigenvalue weighted by atomic mass is 9.93. The average molecular weight is 681 g/mol. The number of methoxy groups -OCH3 is 1. The number of nitrogens with zero attached hydrogens (tertiary/aromatic N) is 3. The highest BCUT2D eigenvalue weighted by atomic mass is 79.9. The summed E-state index contributed by atoms with van der Waals surface area (Å²) in [5.74, 6) is 0.785. The van der Waals surface area contributed by atoms with E-state index in [0.29, 0.717) is 61.0 Å². The number of furan rings is 1. The van der Waals surface area contributed by atoms with Crippen LogP contribution in [0, 0.1) is 24.0 Å². The molecule has 228 valence electrons. The molecule has 12 heteroatoms. The van der Waals surface area contributed by atoms with E-state index in [-0.39, 0.29) is 17.9 Å². The lowest BCUT2D eigenvalue weighted by Gasteiger charge is -2.27. The van der Waals surface area contributed by atoms with Gasteiger partial charge in [-0.3, -0.25) is 19.5 Å². The van der Waals surface area contributed by atoms with Crippen molar-refractivity contribution in [1.29, 1.82) is 0 Å². The van der Waals surface area contributed by atoms with E-state index in [0.717, 1.165) is 16.5 Å². The molecule has 1 atom stereocenters. The van der Waals surface area contributed by atoms with Gasteiger partial charge in [-0.2, -0.15) is 0 Å². The molecule has 2 aromatic heterocycles. The number of halogens is 1. The fourth-order valence-corrected chi connectivity index (χ4v) is 6.60. The maximum absolute atomic E-state index is 14.1. The molecule has 0 saturated carbocycles. The zero-order valence-electron chi connectivity index (χ0n) is 24.8. The molecule has 0 radical (unpaired) electrons. The van der Waals surface area contributed by atoms with Crippen LogP contribution in [0.25, 0.3) is 17.4 Å². The molecule has 0 aliphatic carbocycles. The van der Waals surface area contributed by atoms with E-state index in [4.69, 9.17) is 18.9 Å². The van der Waals surface area contributed by atoms with E-state index in [2.05, 4.69) is 15.9 Å². The van der Waals surface area contributed by atoms with Gasteiger partial charge < -0.3 is 13.9 Å². The number of allylic oxidation sites excluding steroid dienone is 1. The van der Waals surface area contributed by atoms with Gasteiger partial charge in [0.1, 0.15) is 23.3 Å². The highest BCUT2D eigenvalue weighted by Crippen LogP contribution is 2.38. The van der Waals surface area contributed by atoms with E-state index >= 15 is 0 Å². The minimum absolute atomic E-state index is 0.00882. The lowest BCUT2D eigenvalue weighted by molar-refractivity contribution is -0.385. The minimum atomic E-state index is -0.843. The zero-order valence-corrected chi connectivity index (χ0v) is 27.2. The Hall–Kier alpha value is -4.29. The van der Waals surface area contributed by atoms with Crippen LogP contribution in [0.3, 0.4) is 0 Å². The number of hydrogen-bond donors (Lipinski definition) is 0. The van der Waals surface area contributed by atoms with Gasteiger partial charge in [-0.15, -0.1) is 0 Å². The van der Waals surface area contributed by atoms with Crippen LogP contribution >= 0.6 is 27.3 Å². The normalized spacial score (nSPS) is 14.8. The van der Waals surface area contributed by atoms with Gasteiger partial charge in [0.2, 0.25) is 0 Å². The largest absolute Gasteiger partial charge is 0.496 e. The standard InChI is InChI=1S/C32H30BrN3O7S/c1-6-8-23-28(31(38)42-7-2)29(22-15-20(33)9-11-26(22)41-5)35-30(37)27(44-32(35)34-23)16-21-10-12-25(43-21)19-13-17(3)18(4)24(14-19)36(39)40/h9-16,29H,6-8H2,1-5H3/b27-16+/t29-/m0/s1. The number of ether oxygens (including phenoxy) is 2. The Labute approximate surface area is 265 Å². The van der Waals surface area contributed by atoms with Gasteiger partial charge in [0.05, 0.1) is 34.4 Å². The van der Waals surface area contributed by atoms with E-state index in [9.17, 15) is 19.7 Å². The summed E-state index contributed by atoms with van der Waals surface area (Å²) < 4.78 is 19.8. The number of aromatic nitrogens is 1. The van der Waals surface area contributed by atoms with Crippen LogP contribution in [0.1, 0.15) is 55.2 Å². The molecule has 0 spiro atoms. The summed E-state index contributed by atoms with van der Waals surface area (Å²) in [6, 6.07) is 11.3. The Morgan fingerprint density at radius 3 is 2.66 bits per heavy atom. The molecule has 10 nitrogen and oxygen atoms in total. The Kier molecular flexibility index (Phi) is 9.02. The molecule has 0 unspecified atom stereocenters. The Morgan fingerprint density at radius 2 is 1.98 bits per heavy atom. The molecule has 1 aliphatic rings. The average Bonchev–Trinajstić information content (AvgIpc) is 3.58. The van der Waals surface area contributed by atoms with Gasteiger partial charge in [0, 0.05) is 33.3 Å². The number of esters is 1. The first-order chi connectivity index (χ1) is 21.1. The first-order valence-electron chi connectivity index (χ1n) is 14.0. The van der Waals surface area contributed by atoms with Crippen LogP contribution in [0.15, 0.2) is 72.4 Å². The number of nitro benzene ring substituents is 1. The van der Waals surface area contributed by atoms with Crippen molar-refractivity contribution in [2.45, 2.75) is 46.6 Å². The molecule has 1 aliphatic heterocycles. The second kappa shape index (κ2) is 12.7. The maximum Gasteiger partial charge on any atom is 0.338 e. The fraction of sp³-hybridized carbons (Fsp3) is 0.281. The molecule has 3 heterocycles. The third-order valence-electron chi connectivity index (χ3n) is 7.40. The third kappa shape index (κ3) is 5.79. The van der Waals surface area contributed by atoms with Crippen molar-refractivity contribution in [3.8, 4) is 17.1 Å². The smallest absolute Gasteiger partial charge is 0.338 e. The first kappa shape index (κ1) is 31.1. The number of rotatable bonds is 9. The minimum Gasteiger partial charge on any atom is -0.496 e. The van der Waals surface area contributed by atoms with Gasteiger partial charge in [0.25, 0.3) is 11.2 Å². The predicted molar refractivity (Wildman–Crippen MR) is 171 cm³/mol. The summed E-state index contributed by atoms with van der Waals surface area (Å²) in [4.78, 5) is 43.9. The van der Waals surface area contributed by atoms with Crippen LogP contribution in [-0.2, 0) is 9.53 Å². The van der Waals surface area contributed by atoms with Gasteiger partial charge in [-0.25, -0.2) is 9.79 Å². The molecule has 44 heavy (non-hydrogen) atoms. The summed E-state index contributed by atoms with van der Waals surface area (Å²) in [5.41, 5.74) is 3.02. The summed E-state index contributed by atoms with van der Waals surface area (Å²) in [6.07, 6.45) is 2.85. The van der Waals surface area contributed by atoms with Gasteiger partial charge in [0.15, 0.2) is 4.80 Å². The van der Waals surface area contributed by atoms with Gasteiger partial charge in [-0.05, 0) is 69.2 Å². The Balaban J connectivity index is 1.69. The number of nitro groups is 1. The Bertz CT molecular complexity index is 2000. The number of hydrogen-bond acceptors (Lipinski definition) is 9. The number of aryl methyl sites for hydroxylation is 1. The molecule has 0 bridgehead atoms. The summed E-state index contributed by atoms with van der Waals surface area (Å²) in [6.45, 7) is 7.41. The topological polar surface area (TPSA) is 126 Å². The summed E-state index contributed by atoms with van der Waals surface area (Å²) in [5, 5.41) is 11.6. The lowest BCUT2D eigenvalue weighted by Crippen LogP contribution is -2.40. The van der Waals surface area contributed by atoms with Crippen LogP contribution in [-0.4, -0.2) is 29.2 Å². The molecule has 5 rings (SSSR count). The molecule has 0 saturated heterocycles. The van der Waals surface area contributed by atoms with E-state index in [1.807, 2.05) is 32.0 Å². The molecule has 2 aromatic carbocycles.